The van der Waals surface area contributed by atoms with Crippen molar-refractivity contribution in [2.45, 2.75) is 83.3 Å². The predicted octanol–water partition coefficient (Wildman–Crippen LogP) is -3.07. The highest BCUT2D eigenvalue weighted by atomic mass is 16.4. The van der Waals surface area contributed by atoms with Crippen LogP contribution >= 0.6 is 0 Å². The van der Waals surface area contributed by atoms with Crippen LogP contribution in [0.4, 0.5) is 0 Å². The molecule has 0 aromatic heterocycles. The zero-order valence-corrected chi connectivity index (χ0v) is 18.7. The first-order chi connectivity index (χ1) is 14.7. The molecule has 0 spiro atoms. The van der Waals surface area contributed by atoms with E-state index in [1.807, 2.05) is 0 Å². The van der Waals surface area contributed by atoms with E-state index in [2.05, 4.69) is 16.0 Å². The number of amides is 4. The van der Waals surface area contributed by atoms with E-state index in [0.717, 1.165) is 0 Å². The summed E-state index contributed by atoms with van der Waals surface area (Å²) in [6.07, 6.45) is -2.93. The standard InChI is InChI=1S/C19H35N5O8/c1-8(2)7-12(17(29)24-15(10(4)26)19(31)32)23-16(28)11(5-6-13(20)27)22-18(30)14(21)9(3)25/h8-12,14-15,25-26H,5-7,21H2,1-4H3,(H2,20,27)(H,22,30)(H,23,28)(H,24,29)(H,31,32). The van der Waals surface area contributed by atoms with Crippen LogP contribution in [0.5, 0.6) is 0 Å². The zero-order valence-electron chi connectivity index (χ0n) is 18.7. The fourth-order valence-electron chi connectivity index (χ4n) is 2.66. The lowest BCUT2D eigenvalue weighted by Gasteiger charge is -2.26. The van der Waals surface area contributed by atoms with Crippen molar-refractivity contribution < 1.29 is 39.3 Å². The van der Waals surface area contributed by atoms with Crippen LogP contribution in [0.2, 0.25) is 0 Å². The van der Waals surface area contributed by atoms with Crippen molar-refractivity contribution in [3.63, 3.8) is 0 Å². The Morgan fingerprint density at radius 1 is 0.812 bits per heavy atom. The summed E-state index contributed by atoms with van der Waals surface area (Å²) in [5.74, 6) is -4.81. The Bertz CT molecular complexity index is 683. The topological polar surface area (TPSA) is 234 Å². The lowest BCUT2D eigenvalue weighted by atomic mass is 10.0. The van der Waals surface area contributed by atoms with Gasteiger partial charge in [-0.15, -0.1) is 0 Å². The minimum absolute atomic E-state index is 0.0943. The number of rotatable bonds is 14. The van der Waals surface area contributed by atoms with Crippen molar-refractivity contribution in [2.24, 2.45) is 17.4 Å². The molecule has 0 fully saturated rings. The van der Waals surface area contributed by atoms with Crippen LogP contribution in [-0.4, -0.2) is 81.3 Å². The third-order valence-electron chi connectivity index (χ3n) is 4.52. The molecule has 0 radical (unpaired) electrons. The van der Waals surface area contributed by atoms with Crippen LogP contribution in [0.15, 0.2) is 0 Å². The Morgan fingerprint density at radius 3 is 1.72 bits per heavy atom. The van der Waals surface area contributed by atoms with E-state index in [9.17, 15) is 34.2 Å². The molecule has 0 saturated heterocycles. The van der Waals surface area contributed by atoms with Crippen LogP contribution in [-0.2, 0) is 24.0 Å². The number of carboxylic acids is 1. The number of hydrogen-bond acceptors (Lipinski definition) is 8. The van der Waals surface area contributed by atoms with Crippen LogP contribution in [0, 0.1) is 5.92 Å². The SMILES string of the molecule is CC(C)CC(NC(=O)C(CCC(N)=O)NC(=O)C(N)C(C)O)C(=O)NC(C(=O)O)C(C)O. The number of primary amides is 1. The van der Waals surface area contributed by atoms with E-state index in [1.165, 1.54) is 13.8 Å². The molecular formula is C19H35N5O8. The van der Waals surface area contributed by atoms with Gasteiger partial charge in [-0.05, 0) is 32.6 Å². The molecule has 0 bridgehead atoms. The predicted molar refractivity (Wildman–Crippen MR) is 113 cm³/mol. The molecule has 4 amide bonds. The number of nitrogens with two attached hydrogens (primary N) is 2. The van der Waals surface area contributed by atoms with Crippen LogP contribution in [0.3, 0.4) is 0 Å². The highest BCUT2D eigenvalue weighted by Crippen LogP contribution is 2.08. The van der Waals surface area contributed by atoms with E-state index in [-0.39, 0.29) is 25.2 Å². The maximum Gasteiger partial charge on any atom is 0.328 e. The zero-order chi connectivity index (χ0) is 25.2. The van der Waals surface area contributed by atoms with Crippen molar-refractivity contribution in [1.29, 1.82) is 0 Å². The lowest BCUT2D eigenvalue weighted by Crippen LogP contribution is -2.59. The monoisotopic (exact) mass is 461 g/mol. The second-order valence-electron chi connectivity index (χ2n) is 8.09. The van der Waals surface area contributed by atoms with Gasteiger partial charge in [0.2, 0.25) is 23.6 Å². The maximum atomic E-state index is 12.8. The summed E-state index contributed by atoms with van der Waals surface area (Å²) < 4.78 is 0. The lowest BCUT2D eigenvalue weighted by molar-refractivity contribution is -0.145. The molecule has 13 nitrogen and oxygen atoms in total. The van der Waals surface area contributed by atoms with E-state index < -0.39 is 66.0 Å². The minimum Gasteiger partial charge on any atom is -0.480 e. The number of aliphatic carboxylic acids is 1. The molecule has 13 heteroatoms. The third-order valence-corrected chi connectivity index (χ3v) is 4.52. The Kier molecular flexibility index (Phi) is 12.4. The third kappa shape index (κ3) is 10.5. The first kappa shape index (κ1) is 29.2. The summed E-state index contributed by atoms with van der Waals surface area (Å²) in [6.45, 7) is 6.01. The second kappa shape index (κ2) is 13.6. The molecule has 0 aliphatic carbocycles. The molecule has 0 aromatic carbocycles. The van der Waals surface area contributed by atoms with Gasteiger partial charge in [0.1, 0.15) is 18.1 Å². The first-order valence-corrected chi connectivity index (χ1v) is 10.2. The minimum atomic E-state index is -1.59. The number of nitrogens with one attached hydrogen (secondary N) is 3. The molecular weight excluding hydrogens is 426 g/mol. The molecule has 6 unspecified atom stereocenters. The van der Waals surface area contributed by atoms with Gasteiger partial charge in [0.15, 0.2) is 6.04 Å². The van der Waals surface area contributed by atoms with E-state index in [1.54, 1.807) is 13.8 Å². The van der Waals surface area contributed by atoms with E-state index in [4.69, 9.17) is 16.6 Å². The molecule has 0 heterocycles. The van der Waals surface area contributed by atoms with Crippen molar-refractivity contribution in [3.8, 4) is 0 Å². The average molecular weight is 462 g/mol. The van der Waals surface area contributed by atoms with Crippen molar-refractivity contribution in [3.05, 3.63) is 0 Å². The Morgan fingerprint density at radius 2 is 1.31 bits per heavy atom. The van der Waals surface area contributed by atoms with Gasteiger partial charge in [-0.3, -0.25) is 19.2 Å². The molecule has 0 rings (SSSR count). The van der Waals surface area contributed by atoms with Gasteiger partial charge in [0.25, 0.3) is 0 Å². The van der Waals surface area contributed by atoms with Gasteiger partial charge in [-0.1, -0.05) is 13.8 Å². The largest absolute Gasteiger partial charge is 0.480 e. The molecule has 184 valence electrons. The Balaban J connectivity index is 5.57. The summed E-state index contributed by atoms with van der Waals surface area (Å²) in [6, 6.07) is -5.42. The van der Waals surface area contributed by atoms with Crippen molar-refractivity contribution >= 4 is 29.6 Å². The number of carbonyl (C=O) groups is 5. The summed E-state index contributed by atoms with van der Waals surface area (Å²) in [5.41, 5.74) is 10.7. The molecule has 0 saturated carbocycles. The van der Waals surface area contributed by atoms with Gasteiger partial charge in [-0.2, -0.15) is 0 Å². The van der Waals surface area contributed by atoms with Gasteiger partial charge in [0, 0.05) is 6.42 Å². The fraction of sp³-hybridized carbons (Fsp3) is 0.737. The quantitative estimate of drug-likeness (QED) is 0.131. The number of carbonyl (C=O) groups excluding carboxylic acids is 4. The number of aliphatic hydroxyl groups is 2. The number of aliphatic hydroxyl groups excluding tert-OH is 2. The fourth-order valence-corrected chi connectivity index (χ4v) is 2.66. The Labute approximate surface area is 186 Å². The number of hydrogen-bond donors (Lipinski definition) is 8. The average Bonchev–Trinajstić information content (AvgIpc) is 2.66. The van der Waals surface area contributed by atoms with Crippen LogP contribution in [0.1, 0.15) is 47.0 Å². The van der Waals surface area contributed by atoms with Gasteiger partial charge in [0.05, 0.1) is 12.2 Å². The Hall–Kier alpha value is -2.77. The number of carboxylic acid groups (broad SMARTS) is 1. The summed E-state index contributed by atoms with van der Waals surface area (Å²) in [4.78, 5) is 60.0. The normalized spacial score (nSPS) is 16.8. The van der Waals surface area contributed by atoms with Crippen molar-refractivity contribution in [1.82, 2.24) is 16.0 Å². The van der Waals surface area contributed by atoms with Crippen LogP contribution < -0.4 is 27.4 Å². The molecule has 0 aliphatic heterocycles. The smallest absolute Gasteiger partial charge is 0.328 e. The molecule has 32 heavy (non-hydrogen) atoms. The highest BCUT2D eigenvalue weighted by Gasteiger charge is 2.32. The first-order valence-electron chi connectivity index (χ1n) is 10.2. The summed E-state index contributed by atoms with van der Waals surface area (Å²) in [7, 11) is 0. The molecule has 10 N–H and O–H groups in total. The van der Waals surface area contributed by atoms with Gasteiger partial charge < -0.3 is 42.7 Å². The van der Waals surface area contributed by atoms with E-state index >= 15 is 0 Å². The van der Waals surface area contributed by atoms with E-state index in [0.29, 0.717) is 0 Å². The molecule has 0 aromatic rings. The van der Waals surface area contributed by atoms with Gasteiger partial charge >= 0.3 is 5.97 Å². The van der Waals surface area contributed by atoms with Gasteiger partial charge in [-0.25, -0.2) is 4.79 Å². The molecule has 6 atom stereocenters. The highest BCUT2D eigenvalue weighted by molar-refractivity contribution is 5.94. The maximum absolute atomic E-state index is 12.8. The van der Waals surface area contributed by atoms with Crippen molar-refractivity contribution in [2.75, 3.05) is 0 Å². The summed E-state index contributed by atoms with van der Waals surface area (Å²) >= 11 is 0. The van der Waals surface area contributed by atoms with Crippen LogP contribution in [0.25, 0.3) is 0 Å². The summed E-state index contributed by atoms with van der Waals surface area (Å²) in [5, 5.41) is 35.1. The molecule has 0 aliphatic rings. The second-order valence-corrected chi connectivity index (χ2v) is 8.09.